The Morgan fingerprint density at radius 2 is 1.61 bits per heavy atom. The highest BCUT2D eigenvalue weighted by Crippen LogP contribution is 2.32. The molecule has 0 heterocycles. The predicted octanol–water partition coefficient (Wildman–Crippen LogP) is 5.82. The van der Waals surface area contributed by atoms with E-state index >= 15 is 0 Å². The van der Waals surface area contributed by atoms with Gasteiger partial charge in [0.1, 0.15) is 6.61 Å². The van der Waals surface area contributed by atoms with Gasteiger partial charge in [-0.15, -0.1) is 0 Å². The van der Waals surface area contributed by atoms with Crippen LogP contribution in [0, 0.1) is 6.92 Å². The van der Waals surface area contributed by atoms with Crippen molar-refractivity contribution < 1.29 is 9.47 Å². The van der Waals surface area contributed by atoms with E-state index in [4.69, 9.17) is 9.47 Å². The van der Waals surface area contributed by atoms with E-state index in [1.165, 1.54) is 11.1 Å². The van der Waals surface area contributed by atoms with Crippen molar-refractivity contribution in [1.29, 1.82) is 0 Å². The zero-order valence-corrected chi connectivity index (χ0v) is 16.9. The summed E-state index contributed by atoms with van der Waals surface area (Å²) in [5, 5.41) is 3.60. The largest absolute Gasteiger partial charge is 0.490 e. The van der Waals surface area contributed by atoms with Crippen molar-refractivity contribution in [2.75, 3.05) is 6.61 Å². The van der Waals surface area contributed by atoms with Crippen LogP contribution in [0.25, 0.3) is 0 Å². The molecule has 0 amide bonds. The van der Waals surface area contributed by atoms with Gasteiger partial charge in [0, 0.05) is 18.2 Å². The highest BCUT2D eigenvalue weighted by molar-refractivity contribution is 5.47. The first kappa shape index (κ1) is 20.0. The van der Waals surface area contributed by atoms with Gasteiger partial charge < -0.3 is 14.8 Å². The van der Waals surface area contributed by atoms with Crippen molar-refractivity contribution in [3.8, 4) is 11.5 Å². The molecule has 3 nitrogen and oxygen atoms in total. The molecule has 3 rings (SSSR count). The van der Waals surface area contributed by atoms with Crippen molar-refractivity contribution in [3.05, 3.63) is 95.1 Å². The Morgan fingerprint density at radius 1 is 0.857 bits per heavy atom. The number of aryl methyl sites for hydroxylation is 1. The number of para-hydroxylation sites is 1. The Labute approximate surface area is 168 Å². The van der Waals surface area contributed by atoms with Crippen LogP contribution in [0.15, 0.2) is 72.8 Å². The number of benzene rings is 3. The molecule has 0 radical (unpaired) electrons. The SMILES string of the molecule is CCOc1cccc(CNC(C)c2ccccc2)c1OCc1ccc(C)cc1. The average Bonchev–Trinajstić information content (AvgIpc) is 2.73. The van der Waals surface area contributed by atoms with Crippen LogP contribution in [0.1, 0.15) is 42.1 Å². The first-order valence-electron chi connectivity index (χ1n) is 9.88. The molecular weight excluding hydrogens is 346 g/mol. The normalized spacial score (nSPS) is 11.8. The Morgan fingerprint density at radius 3 is 2.32 bits per heavy atom. The minimum Gasteiger partial charge on any atom is -0.490 e. The van der Waals surface area contributed by atoms with Gasteiger partial charge in [-0.3, -0.25) is 0 Å². The molecule has 1 unspecified atom stereocenters. The van der Waals surface area contributed by atoms with Crippen molar-refractivity contribution in [3.63, 3.8) is 0 Å². The molecule has 0 aliphatic rings. The highest BCUT2D eigenvalue weighted by atomic mass is 16.5. The summed E-state index contributed by atoms with van der Waals surface area (Å²) in [5.74, 6) is 1.61. The van der Waals surface area contributed by atoms with Crippen LogP contribution in [-0.4, -0.2) is 6.61 Å². The van der Waals surface area contributed by atoms with Crippen LogP contribution >= 0.6 is 0 Å². The summed E-state index contributed by atoms with van der Waals surface area (Å²) in [5.41, 5.74) is 4.76. The fraction of sp³-hybridized carbons (Fsp3) is 0.280. The average molecular weight is 376 g/mol. The lowest BCUT2D eigenvalue weighted by Gasteiger charge is -2.19. The minimum absolute atomic E-state index is 0.252. The molecule has 0 aliphatic heterocycles. The quantitative estimate of drug-likeness (QED) is 0.511. The minimum atomic E-state index is 0.252. The van der Waals surface area contributed by atoms with Gasteiger partial charge in [-0.05, 0) is 38.0 Å². The van der Waals surface area contributed by atoms with Crippen LogP contribution in [0.2, 0.25) is 0 Å². The number of ether oxygens (including phenoxy) is 2. The van der Waals surface area contributed by atoms with Gasteiger partial charge in [0.25, 0.3) is 0 Å². The molecule has 0 aromatic heterocycles. The third kappa shape index (κ3) is 5.37. The van der Waals surface area contributed by atoms with Crippen LogP contribution < -0.4 is 14.8 Å². The van der Waals surface area contributed by atoms with Crippen molar-refractivity contribution in [2.45, 2.75) is 40.0 Å². The smallest absolute Gasteiger partial charge is 0.166 e. The summed E-state index contributed by atoms with van der Waals surface area (Å²) in [4.78, 5) is 0. The molecular formula is C25H29NO2. The monoisotopic (exact) mass is 375 g/mol. The summed E-state index contributed by atoms with van der Waals surface area (Å²) in [7, 11) is 0. The Bertz CT molecular complexity index is 859. The summed E-state index contributed by atoms with van der Waals surface area (Å²) >= 11 is 0. The fourth-order valence-electron chi connectivity index (χ4n) is 3.10. The fourth-order valence-corrected chi connectivity index (χ4v) is 3.10. The van der Waals surface area contributed by atoms with E-state index in [-0.39, 0.29) is 6.04 Å². The van der Waals surface area contributed by atoms with Crippen LogP contribution in [0.3, 0.4) is 0 Å². The van der Waals surface area contributed by atoms with Gasteiger partial charge in [0.2, 0.25) is 0 Å². The van der Waals surface area contributed by atoms with E-state index in [1.807, 2.05) is 25.1 Å². The molecule has 0 fully saturated rings. The lowest BCUT2D eigenvalue weighted by atomic mass is 10.1. The topological polar surface area (TPSA) is 30.5 Å². The molecule has 3 aromatic carbocycles. The Hall–Kier alpha value is -2.78. The molecule has 3 heteroatoms. The first-order chi connectivity index (χ1) is 13.7. The second-order valence-corrected chi connectivity index (χ2v) is 6.96. The summed E-state index contributed by atoms with van der Waals surface area (Å²) < 4.78 is 12.0. The maximum absolute atomic E-state index is 6.22. The predicted molar refractivity (Wildman–Crippen MR) is 115 cm³/mol. The maximum atomic E-state index is 6.22. The first-order valence-corrected chi connectivity index (χ1v) is 9.88. The van der Waals surface area contributed by atoms with Gasteiger partial charge in [-0.2, -0.15) is 0 Å². The van der Waals surface area contributed by atoms with E-state index in [0.717, 1.165) is 22.6 Å². The Kier molecular flexibility index (Phi) is 7.10. The molecule has 0 aliphatic carbocycles. The van der Waals surface area contributed by atoms with Gasteiger partial charge in [-0.25, -0.2) is 0 Å². The molecule has 1 N–H and O–H groups in total. The van der Waals surface area contributed by atoms with Crippen molar-refractivity contribution in [1.82, 2.24) is 5.32 Å². The number of hydrogen-bond acceptors (Lipinski definition) is 3. The second-order valence-electron chi connectivity index (χ2n) is 6.96. The number of nitrogens with one attached hydrogen (secondary N) is 1. The van der Waals surface area contributed by atoms with Gasteiger partial charge in [0.05, 0.1) is 6.61 Å². The highest BCUT2D eigenvalue weighted by Gasteiger charge is 2.13. The molecule has 28 heavy (non-hydrogen) atoms. The summed E-state index contributed by atoms with van der Waals surface area (Å²) in [6.45, 7) is 8.09. The summed E-state index contributed by atoms with van der Waals surface area (Å²) in [6, 6.07) is 25.2. The van der Waals surface area contributed by atoms with E-state index in [1.54, 1.807) is 0 Å². The van der Waals surface area contributed by atoms with Gasteiger partial charge >= 0.3 is 0 Å². The molecule has 0 bridgehead atoms. The van der Waals surface area contributed by atoms with Gasteiger partial charge in [0.15, 0.2) is 11.5 Å². The maximum Gasteiger partial charge on any atom is 0.166 e. The molecule has 0 saturated heterocycles. The molecule has 0 saturated carbocycles. The molecule has 1 atom stereocenters. The van der Waals surface area contributed by atoms with Crippen LogP contribution in [-0.2, 0) is 13.2 Å². The third-order valence-corrected chi connectivity index (χ3v) is 4.76. The van der Waals surface area contributed by atoms with E-state index in [0.29, 0.717) is 19.8 Å². The van der Waals surface area contributed by atoms with Crippen LogP contribution in [0.5, 0.6) is 11.5 Å². The van der Waals surface area contributed by atoms with Crippen molar-refractivity contribution in [2.24, 2.45) is 0 Å². The van der Waals surface area contributed by atoms with E-state index in [9.17, 15) is 0 Å². The zero-order valence-electron chi connectivity index (χ0n) is 16.9. The van der Waals surface area contributed by atoms with Crippen LogP contribution in [0.4, 0.5) is 0 Å². The number of rotatable bonds is 9. The molecule has 3 aromatic rings. The zero-order chi connectivity index (χ0) is 19.8. The van der Waals surface area contributed by atoms with Crippen molar-refractivity contribution >= 4 is 0 Å². The van der Waals surface area contributed by atoms with E-state index < -0.39 is 0 Å². The Balaban J connectivity index is 1.74. The number of hydrogen-bond donors (Lipinski definition) is 1. The van der Waals surface area contributed by atoms with Gasteiger partial charge in [-0.1, -0.05) is 72.3 Å². The summed E-state index contributed by atoms with van der Waals surface area (Å²) in [6.07, 6.45) is 0. The molecule has 0 spiro atoms. The second kappa shape index (κ2) is 9.95. The lowest BCUT2D eigenvalue weighted by Crippen LogP contribution is -2.18. The molecule has 146 valence electrons. The standard InChI is InChI=1S/C25H29NO2/c1-4-27-24-12-8-11-23(17-26-20(3)22-9-6-5-7-10-22)25(24)28-18-21-15-13-19(2)14-16-21/h5-16,20,26H,4,17-18H2,1-3H3. The third-order valence-electron chi connectivity index (χ3n) is 4.76. The van der Waals surface area contributed by atoms with E-state index in [2.05, 4.69) is 73.8 Å². The lowest BCUT2D eigenvalue weighted by molar-refractivity contribution is 0.266.